The van der Waals surface area contributed by atoms with E-state index in [1.165, 1.54) is 11.3 Å². The minimum atomic E-state index is -0.230. The maximum absolute atomic E-state index is 12.1. The third kappa shape index (κ3) is 3.94. The van der Waals surface area contributed by atoms with Crippen LogP contribution >= 0.6 is 11.3 Å². The van der Waals surface area contributed by atoms with Crippen molar-refractivity contribution >= 4 is 23.0 Å². The highest BCUT2D eigenvalue weighted by Gasteiger charge is 2.11. The van der Waals surface area contributed by atoms with Crippen LogP contribution in [0.25, 0.3) is 11.3 Å². The van der Waals surface area contributed by atoms with E-state index in [1.807, 2.05) is 30.3 Å². The molecule has 1 aromatic carbocycles. The van der Waals surface area contributed by atoms with E-state index in [1.54, 1.807) is 17.6 Å². The zero-order valence-electron chi connectivity index (χ0n) is 12.9. The Morgan fingerprint density at radius 2 is 2.04 bits per heavy atom. The molecule has 0 aliphatic rings. The summed E-state index contributed by atoms with van der Waals surface area (Å²) < 4.78 is 0. The van der Waals surface area contributed by atoms with Crippen LogP contribution in [0, 0.1) is 0 Å². The summed E-state index contributed by atoms with van der Waals surface area (Å²) in [7, 11) is 0. The van der Waals surface area contributed by atoms with Crippen molar-refractivity contribution in [1.82, 2.24) is 20.5 Å². The Bertz CT molecular complexity index is 812. The number of Topliss-reactive ketones (excluding diaryl/α,β-unsaturated/α-hetero) is 1. The summed E-state index contributed by atoms with van der Waals surface area (Å²) in [6.45, 7) is 0.426. The summed E-state index contributed by atoms with van der Waals surface area (Å²) >= 11 is 1.33. The van der Waals surface area contributed by atoms with Gasteiger partial charge >= 0.3 is 0 Å². The van der Waals surface area contributed by atoms with Crippen LogP contribution in [0.3, 0.4) is 0 Å². The number of rotatable bonds is 7. The molecule has 0 saturated heterocycles. The van der Waals surface area contributed by atoms with Gasteiger partial charge in [-0.1, -0.05) is 30.3 Å². The van der Waals surface area contributed by atoms with E-state index in [0.717, 1.165) is 11.3 Å². The van der Waals surface area contributed by atoms with Gasteiger partial charge in [-0.25, -0.2) is 4.98 Å². The lowest BCUT2D eigenvalue weighted by Gasteiger charge is -2.02. The van der Waals surface area contributed by atoms with Crippen LogP contribution in [0.5, 0.6) is 0 Å². The Balaban J connectivity index is 1.47. The van der Waals surface area contributed by atoms with Crippen LogP contribution < -0.4 is 5.32 Å². The number of aromatic amines is 1. The van der Waals surface area contributed by atoms with Crippen molar-refractivity contribution in [2.45, 2.75) is 12.8 Å². The summed E-state index contributed by atoms with van der Waals surface area (Å²) in [6, 6.07) is 11.3. The smallest absolute Gasteiger partial charge is 0.269 e. The van der Waals surface area contributed by atoms with E-state index in [-0.39, 0.29) is 11.7 Å². The number of aromatic nitrogens is 3. The average molecular weight is 340 g/mol. The van der Waals surface area contributed by atoms with Crippen molar-refractivity contribution in [2.75, 3.05) is 6.54 Å². The van der Waals surface area contributed by atoms with Crippen LogP contribution in [-0.2, 0) is 0 Å². The summed E-state index contributed by atoms with van der Waals surface area (Å²) in [5.74, 6) is -0.224. The molecular weight excluding hydrogens is 324 g/mol. The van der Waals surface area contributed by atoms with Crippen LogP contribution in [-0.4, -0.2) is 33.4 Å². The molecule has 3 aromatic rings. The van der Waals surface area contributed by atoms with E-state index in [9.17, 15) is 9.59 Å². The second kappa shape index (κ2) is 7.65. The van der Waals surface area contributed by atoms with Gasteiger partial charge in [0.2, 0.25) is 0 Å². The van der Waals surface area contributed by atoms with E-state index >= 15 is 0 Å². The normalized spacial score (nSPS) is 10.5. The predicted molar refractivity (Wildman–Crippen MR) is 92.0 cm³/mol. The van der Waals surface area contributed by atoms with Crippen molar-refractivity contribution in [2.24, 2.45) is 0 Å². The average Bonchev–Trinajstić information content (AvgIpc) is 3.31. The van der Waals surface area contributed by atoms with Crippen molar-refractivity contribution in [1.29, 1.82) is 0 Å². The molecule has 0 aliphatic carbocycles. The summed E-state index contributed by atoms with van der Waals surface area (Å²) in [6.07, 6.45) is 2.55. The molecule has 2 heterocycles. The van der Waals surface area contributed by atoms with Crippen LogP contribution in [0.15, 0.2) is 48.0 Å². The van der Waals surface area contributed by atoms with Crippen molar-refractivity contribution in [3.05, 3.63) is 58.7 Å². The fourth-order valence-electron chi connectivity index (χ4n) is 2.21. The van der Waals surface area contributed by atoms with Crippen LogP contribution in [0.1, 0.15) is 33.1 Å². The standard InChI is InChI=1S/C17H16N4O2S/c22-15(17-19-9-10-24-17)7-4-8-18-16(23)14-11-13(20-21-14)12-5-2-1-3-6-12/h1-3,5-6,9-11H,4,7-8H2,(H,18,23)(H,20,21). The first-order chi connectivity index (χ1) is 11.7. The second-order valence-electron chi connectivity index (χ2n) is 5.15. The molecule has 24 heavy (non-hydrogen) atoms. The Hall–Kier alpha value is -2.80. The van der Waals surface area contributed by atoms with Gasteiger partial charge in [0.25, 0.3) is 5.91 Å². The number of nitrogens with zero attached hydrogens (tertiary/aromatic N) is 2. The highest BCUT2D eigenvalue weighted by atomic mass is 32.1. The number of H-pyrrole nitrogens is 1. The Kier molecular flexibility index (Phi) is 5.12. The number of hydrogen-bond acceptors (Lipinski definition) is 5. The number of amides is 1. The minimum absolute atomic E-state index is 0.00662. The molecule has 2 aromatic heterocycles. The van der Waals surface area contributed by atoms with Crippen LogP contribution in [0.2, 0.25) is 0 Å². The predicted octanol–water partition coefficient (Wildman–Crippen LogP) is 2.93. The van der Waals surface area contributed by atoms with E-state index in [0.29, 0.717) is 30.1 Å². The highest BCUT2D eigenvalue weighted by Crippen LogP contribution is 2.16. The second-order valence-corrected chi connectivity index (χ2v) is 6.05. The largest absolute Gasteiger partial charge is 0.351 e. The monoisotopic (exact) mass is 340 g/mol. The SMILES string of the molecule is O=C(NCCCC(=O)c1nccs1)c1cc(-c2ccccc2)n[nH]1. The highest BCUT2D eigenvalue weighted by molar-refractivity contribution is 7.11. The Morgan fingerprint density at radius 3 is 2.79 bits per heavy atom. The van der Waals surface area contributed by atoms with Gasteiger partial charge in [0.05, 0.1) is 5.69 Å². The fourth-order valence-corrected chi connectivity index (χ4v) is 2.81. The van der Waals surface area contributed by atoms with Gasteiger partial charge in [-0.15, -0.1) is 11.3 Å². The molecule has 0 aliphatic heterocycles. The molecule has 0 bridgehead atoms. The molecule has 0 fully saturated rings. The number of carbonyl (C=O) groups excluding carboxylic acids is 2. The molecule has 0 radical (unpaired) electrons. The van der Waals surface area contributed by atoms with E-state index in [4.69, 9.17) is 0 Å². The maximum Gasteiger partial charge on any atom is 0.269 e. The molecular formula is C17H16N4O2S. The molecule has 0 unspecified atom stereocenters. The third-order valence-corrected chi connectivity index (χ3v) is 4.24. The van der Waals surface area contributed by atoms with Gasteiger partial charge < -0.3 is 5.32 Å². The fraction of sp³-hybridized carbons (Fsp3) is 0.176. The molecule has 1 amide bonds. The number of ketones is 1. The third-order valence-electron chi connectivity index (χ3n) is 3.43. The van der Waals surface area contributed by atoms with Crippen LogP contribution in [0.4, 0.5) is 0 Å². The van der Waals surface area contributed by atoms with Gasteiger partial charge in [0, 0.05) is 30.1 Å². The zero-order valence-corrected chi connectivity index (χ0v) is 13.7. The lowest BCUT2D eigenvalue weighted by Crippen LogP contribution is -2.25. The molecule has 2 N–H and O–H groups in total. The van der Waals surface area contributed by atoms with Crippen molar-refractivity contribution in [3.8, 4) is 11.3 Å². The minimum Gasteiger partial charge on any atom is -0.351 e. The summed E-state index contributed by atoms with van der Waals surface area (Å²) in [4.78, 5) is 27.9. The molecule has 3 rings (SSSR count). The van der Waals surface area contributed by atoms with Gasteiger partial charge in [-0.3, -0.25) is 14.7 Å². The molecule has 0 saturated carbocycles. The first kappa shape index (κ1) is 16.1. The number of thiazole rings is 1. The van der Waals surface area contributed by atoms with Gasteiger partial charge in [0.1, 0.15) is 5.69 Å². The maximum atomic E-state index is 12.1. The van der Waals surface area contributed by atoms with E-state index < -0.39 is 0 Å². The quantitative estimate of drug-likeness (QED) is 0.511. The van der Waals surface area contributed by atoms with Crippen molar-refractivity contribution in [3.63, 3.8) is 0 Å². The molecule has 6 nitrogen and oxygen atoms in total. The topological polar surface area (TPSA) is 87.7 Å². The van der Waals surface area contributed by atoms with Gasteiger partial charge in [0.15, 0.2) is 10.8 Å². The van der Waals surface area contributed by atoms with Gasteiger partial charge in [-0.05, 0) is 12.5 Å². The first-order valence-corrected chi connectivity index (χ1v) is 8.44. The van der Waals surface area contributed by atoms with E-state index in [2.05, 4.69) is 20.5 Å². The number of benzene rings is 1. The summed E-state index contributed by atoms with van der Waals surface area (Å²) in [5, 5.41) is 12.0. The Morgan fingerprint density at radius 1 is 1.21 bits per heavy atom. The molecule has 122 valence electrons. The number of carbonyl (C=O) groups is 2. The first-order valence-electron chi connectivity index (χ1n) is 7.56. The van der Waals surface area contributed by atoms with Crippen molar-refractivity contribution < 1.29 is 9.59 Å². The lowest BCUT2D eigenvalue weighted by molar-refractivity contribution is 0.0934. The van der Waals surface area contributed by atoms with Gasteiger partial charge in [-0.2, -0.15) is 5.10 Å². The molecule has 7 heteroatoms. The Labute approximate surface area is 143 Å². The molecule has 0 atom stereocenters. The lowest BCUT2D eigenvalue weighted by atomic mass is 10.1. The summed E-state index contributed by atoms with van der Waals surface area (Å²) in [5.41, 5.74) is 2.07. The molecule has 0 spiro atoms. The number of nitrogens with one attached hydrogen (secondary N) is 2. The zero-order chi connectivity index (χ0) is 16.8. The number of hydrogen-bond donors (Lipinski definition) is 2.